The number of nitrogens with zero attached hydrogens (tertiary/aromatic N) is 2. The van der Waals surface area contributed by atoms with E-state index in [4.69, 9.17) is 5.73 Å². The van der Waals surface area contributed by atoms with Gasteiger partial charge in [0.15, 0.2) is 0 Å². The Hall–Kier alpha value is -1.04. The average molecular weight is 203 g/mol. The van der Waals surface area contributed by atoms with Gasteiger partial charge in [0.1, 0.15) is 5.82 Å². The van der Waals surface area contributed by atoms with Crippen LogP contribution in [0.3, 0.4) is 0 Å². The highest BCUT2D eigenvalue weighted by Crippen LogP contribution is 2.16. The molecule has 0 fully saturated rings. The molecule has 5 nitrogen and oxygen atoms in total. The minimum atomic E-state index is -3.29. The van der Waals surface area contributed by atoms with Gasteiger partial charge in [-0.25, -0.2) is 13.4 Å². The third-order valence-corrected chi connectivity index (χ3v) is 2.57. The van der Waals surface area contributed by atoms with E-state index in [2.05, 4.69) is 4.98 Å². The van der Waals surface area contributed by atoms with Crippen molar-refractivity contribution in [1.82, 2.24) is 9.55 Å². The molecule has 74 valence electrons. The lowest BCUT2D eigenvalue weighted by atomic mass is 10.4. The van der Waals surface area contributed by atoms with Crippen LogP contribution in [0.5, 0.6) is 0 Å². The lowest BCUT2D eigenvalue weighted by molar-refractivity contribution is 0.523. The number of sulfone groups is 1. The number of nitrogens with two attached hydrogens (primary N) is 1. The highest BCUT2D eigenvalue weighted by Gasteiger charge is 2.17. The van der Waals surface area contributed by atoms with Gasteiger partial charge in [0, 0.05) is 18.5 Å². The van der Waals surface area contributed by atoms with Crippen molar-refractivity contribution >= 4 is 15.7 Å². The Morgan fingerprint density at radius 3 is 2.38 bits per heavy atom. The summed E-state index contributed by atoms with van der Waals surface area (Å²) < 4.78 is 24.0. The van der Waals surface area contributed by atoms with Gasteiger partial charge in [-0.05, 0) is 13.8 Å². The highest BCUT2D eigenvalue weighted by atomic mass is 32.2. The van der Waals surface area contributed by atoms with Gasteiger partial charge in [-0.15, -0.1) is 0 Å². The fourth-order valence-corrected chi connectivity index (χ4v) is 1.96. The molecule has 0 atom stereocenters. The summed E-state index contributed by atoms with van der Waals surface area (Å²) in [6.45, 7) is 3.74. The average Bonchev–Trinajstić information content (AvgIpc) is 2.29. The van der Waals surface area contributed by atoms with E-state index in [0.717, 1.165) is 6.26 Å². The van der Waals surface area contributed by atoms with Crippen LogP contribution in [0.1, 0.15) is 19.9 Å². The zero-order valence-electron chi connectivity index (χ0n) is 7.85. The van der Waals surface area contributed by atoms with Gasteiger partial charge >= 0.3 is 0 Å². The van der Waals surface area contributed by atoms with Gasteiger partial charge in [-0.2, -0.15) is 0 Å². The van der Waals surface area contributed by atoms with E-state index in [0.29, 0.717) is 0 Å². The minimum Gasteiger partial charge on any atom is -0.382 e. The van der Waals surface area contributed by atoms with E-state index in [1.807, 2.05) is 13.8 Å². The third kappa shape index (κ3) is 2.00. The van der Waals surface area contributed by atoms with E-state index in [1.54, 1.807) is 4.57 Å². The second-order valence-corrected chi connectivity index (χ2v) is 5.13. The number of hydrogen-bond acceptors (Lipinski definition) is 4. The fourth-order valence-electron chi connectivity index (χ4n) is 1.04. The Morgan fingerprint density at radius 1 is 1.54 bits per heavy atom. The molecule has 0 saturated carbocycles. The zero-order valence-corrected chi connectivity index (χ0v) is 8.67. The van der Waals surface area contributed by atoms with Gasteiger partial charge in [-0.3, -0.25) is 0 Å². The van der Waals surface area contributed by atoms with E-state index < -0.39 is 9.84 Å². The normalized spacial score (nSPS) is 12.3. The smallest absolute Gasteiger partial charge is 0.229 e. The van der Waals surface area contributed by atoms with Crippen molar-refractivity contribution in [2.45, 2.75) is 25.0 Å². The molecule has 0 aromatic carbocycles. The van der Waals surface area contributed by atoms with Gasteiger partial charge in [0.05, 0.1) is 0 Å². The molecule has 0 saturated heterocycles. The Bertz CT molecular complexity index is 405. The molecule has 0 unspecified atom stereocenters. The van der Waals surface area contributed by atoms with Crippen molar-refractivity contribution in [3.05, 3.63) is 6.20 Å². The second kappa shape index (κ2) is 3.02. The van der Waals surface area contributed by atoms with Crippen LogP contribution in [0, 0.1) is 0 Å². The van der Waals surface area contributed by atoms with Crippen molar-refractivity contribution in [3.8, 4) is 0 Å². The monoisotopic (exact) mass is 203 g/mol. The van der Waals surface area contributed by atoms with Crippen LogP contribution in [0.4, 0.5) is 5.82 Å². The van der Waals surface area contributed by atoms with Crippen LogP contribution in [0.2, 0.25) is 0 Å². The van der Waals surface area contributed by atoms with E-state index in [1.165, 1.54) is 6.20 Å². The lowest BCUT2D eigenvalue weighted by Crippen LogP contribution is -2.10. The van der Waals surface area contributed by atoms with Crippen LogP contribution >= 0.6 is 0 Å². The van der Waals surface area contributed by atoms with Crippen LogP contribution < -0.4 is 5.73 Å². The summed E-state index contributed by atoms with van der Waals surface area (Å²) in [6, 6.07) is 0.0366. The summed E-state index contributed by atoms with van der Waals surface area (Å²) in [5.41, 5.74) is 5.42. The topological polar surface area (TPSA) is 78.0 Å². The molecule has 0 aliphatic heterocycles. The Labute approximate surface area is 77.5 Å². The quantitative estimate of drug-likeness (QED) is 0.757. The summed E-state index contributed by atoms with van der Waals surface area (Å²) in [5.74, 6) is 0.231. The van der Waals surface area contributed by atoms with Crippen molar-refractivity contribution in [1.29, 1.82) is 0 Å². The summed E-state index contributed by atoms with van der Waals surface area (Å²) >= 11 is 0. The molecular weight excluding hydrogens is 190 g/mol. The lowest BCUT2D eigenvalue weighted by Gasteiger charge is -2.08. The molecule has 1 aromatic heterocycles. The number of anilines is 1. The first-order chi connectivity index (χ1) is 5.82. The predicted octanol–water partition coefficient (Wildman–Crippen LogP) is 0.450. The largest absolute Gasteiger partial charge is 0.382 e. The second-order valence-electron chi connectivity index (χ2n) is 3.22. The third-order valence-electron chi connectivity index (χ3n) is 1.60. The van der Waals surface area contributed by atoms with Gasteiger partial charge in [0.2, 0.25) is 15.0 Å². The molecule has 0 radical (unpaired) electrons. The molecule has 0 aliphatic carbocycles. The molecular formula is C7H13N3O2S. The van der Waals surface area contributed by atoms with E-state index in [9.17, 15) is 8.42 Å². The predicted molar refractivity (Wildman–Crippen MR) is 50.1 cm³/mol. The van der Waals surface area contributed by atoms with Gasteiger partial charge < -0.3 is 10.3 Å². The first-order valence-corrected chi connectivity index (χ1v) is 5.76. The SMILES string of the molecule is CC(C)n1cc(N)nc1S(C)(=O)=O. The van der Waals surface area contributed by atoms with Crippen LogP contribution in [0.15, 0.2) is 11.4 Å². The van der Waals surface area contributed by atoms with Crippen molar-refractivity contribution < 1.29 is 8.42 Å². The number of aromatic nitrogens is 2. The molecule has 13 heavy (non-hydrogen) atoms. The van der Waals surface area contributed by atoms with Gasteiger partial charge in [0.25, 0.3) is 0 Å². The standard InChI is InChI=1S/C7H13N3O2S/c1-5(2)10-4-6(8)9-7(10)13(3,11)12/h4-5H,8H2,1-3H3. The number of rotatable bonds is 2. The van der Waals surface area contributed by atoms with Crippen molar-refractivity contribution in [2.24, 2.45) is 0 Å². The summed E-state index contributed by atoms with van der Waals surface area (Å²) in [7, 11) is -3.29. The van der Waals surface area contributed by atoms with Crippen LogP contribution in [0.25, 0.3) is 0 Å². The number of hydrogen-bond donors (Lipinski definition) is 1. The van der Waals surface area contributed by atoms with Gasteiger partial charge in [-0.1, -0.05) is 0 Å². The Kier molecular flexibility index (Phi) is 2.34. The van der Waals surface area contributed by atoms with E-state index in [-0.39, 0.29) is 17.0 Å². The van der Waals surface area contributed by atoms with Crippen molar-refractivity contribution in [3.63, 3.8) is 0 Å². The Morgan fingerprint density at radius 2 is 2.08 bits per heavy atom. The molecule has 1 aromatic rings. The van der Waals surface area contributed by atoms with Crippen LogP contribution in [-0.4, -0.2) is 24.2 Å². The summed E-state index contributed by atoms with van der Waals surface area (Å²) in [4.78, 5) is 3.76. The Balaban J connectivity index is 3.37. The molecule has 0 amide bonds. The number of nitrogen functional groups attached to an aromatic ring is 1. The maximum Gasteiger partial charge on any atom is 0.229 e. The highest BCUT2D eigenvalue weighted by molar-refractivity contribution is 7.90. The maximum absolute atomic E-state index is 11.2. The molecule has 2 N–H and O–H groups in total. The first-order valence-electron chi connectivity index (χ1n) is 3.86. The first kappa shape index (κ1) is 10.0. The molecule has 0 aliphatic rings. The molecule has 0 bridgehead atoms. The summed E-state index contributed by atoms with van der Waals surface area (Å²) in [6.07, 6.45) is 2.65. The molecule has 1 rings (SSSR count). The fraction of sp³-hybridized carbons (Fsp3) is 0.571. The molecule has 1 heterocycles. The number of imidazole rings is 1. The maximum atomic E-state index is 11.2. The summed E-state index contributed by atoms with van der Waals surface area (Å²) in [5, 5.41) is 0.0278. The van der Waals surface area contributed by atoms with Crippen LogP contribution in [-0.2, 0) is 9.84 Å². The zero-order chi connectivity index (χ0) is 10.2. The van der Waals surface area contributed by atoms with Crippen molar-refractivity contribution in [2.75, 3.05) is 12.0 Å². The van der Waals surface area contributed by atoms with E-state index >= 15 is 0 Å². The molecule has 6 heteroatoms. The minimum absolute atomic E-state index is 0.0278. The molecule has 0 spiro atoms.